The van der Waals surface area contributed by atoms with Crippen LogP contribution in [0.1, 0.15) is 18.9 Å². The molecule has 0 saturated carbocycles. The Bertz CT molecular complexity index is 643. The molecule has 6 nitrogen and oxygen atoms in total. The van der Waals surface area contributed by atoms with Gasteiger partial charge in [0.25, 0.3) is 0 Å². The first-order valence-electron chi connectivity index (χ1n) is 6.98. The van der Waals surface area contributed by atoms with E-state index in [-0.39, 0.29) is 11.9 Å². The molecule has 2 aliphatic rings. The van der Waals surface area contributed by atoms with E-state index in [0.29, 0.717) is 49.0 Å². The standard InChI is InChI=1S/C14H19NO5S/c1-9-14(2-3-18-9)21(16,17)8-10-6-12-13(7-11(10)15)20-5-4-19-12/h6-7,9,14H,2-5,8,15H2,1H3. The third kappa shape index (κ3) is 2.80. The molecule has 2 unspecified atom stereocenters. The van der Waals surface area contributed by atoms with Gasteiger partial charge in [-0.2, -0.15) is 0 Å². The van der Waals surface area contributed by atoms with E-state index in [0.717, 1.165) is 0 Å². The van der Waals surface area contributed by atoms with Gasteiger partial charge in [-0.15, -0.1) is 0 Å². The molecule has 1 saturated heterocycles. The average molecular weight is 313 g/mol. The Morgan fingerprint density at radius 2 is 1.86 bits per heavy atom. The predicted molar refractivity (Wildman–Crippen MR) is 78.3 cm³/mol. The first kappa shape index (κ1) is 14.5. The lowest BCUT2D eigenvalue weighted by atomic mass is 10.2. The van der Waals surface area contributed by atoms with Crippen molar-refractivity contribution in [2.45, 2.75) is 30.5 Å². The van der Waals surface area contributed by atoms with Crippen molar-refractivity contribution < 1.29 is 22.6 Å². The molecular formula is C14H19NO5S. The number of hydrogen-bond donors (Lipinski definition) is 1. The third-order valence-corrected chi connectivity index (χ3v) is 6.18. The van der Waals surface area contributed by atoms with Crippen molar-refractivity contribution >= 4 is 15.5 Å². The number of ether oxygens (including phenoxy) is 3. The molecule has 21 heavy (non-hydrogen) atoms. The van der Waals surface area contributed by atoms with E-state index in [1.54, 1.807) is 19.1 Å². The largest absolute Gasteiger partial charge is 0.486 e. The fraction of sp³-hybridized carbons (Fsp3) is 0.571. The second kappa shape index (κ2) is 5.38. The van der Waals surface area contributed by atoms with E-state index >= 15 is 0 Å². The van der Waals surface area contributed by atoms with Crippen molar-refractivity contribution in [3.8, 4) is 11.5 Å². The SMILES string of the molecule is CC1OCCC1S(=O)(=O)Cc1cc2c(cc1N)OCCO2. The molecule has 1 aromatic carbocycles. The summed E-state index contributed by atoms with van der Waals surface area (Å²) in [6.45, 7) is 3.21. The number of anilines is 1. The van der Waals surface area contributed by atoms with Crippen LogP contribution in [0.3, 0.4) is 0 Å². The molecule has 7 heteroatoms. The predicted octanol–water partition coefficient (Wildman–Crippen LogP) is 1.13. The maximum Gasteiger partial charge on any atom is 0.163 e. The molecule has 2 atom stereocenters. The molecule has 1 fully saturated rings. The van der Waals surface area contributed by atoms with Gasteiger partial charge < -0.3 is 19.9 Å². The molecule has 1 aromatic rings. The summed E-state index contributed by atoms with van der Waals surface area (Å²) in [5, 5.41) is -0.467. The van der Waals surface area contributed by atoms with E-state index in [1.165, 1.54) is 0 Å². The van der Waals surface area contributed by atoms with Crippen LogP contribution >= 0.6 is 0 Å². The second-order valence-corrected chi connectivity index (χ2v) is 7.62. The van der Waals surface area contributed by atoms with Crippen LogP contribution in [-0.2, 0) is 20.3 Å². The zero-order valence-electron chi connectivity index (χ0n) is 11.9. The van der Waals surface area contributed by atoms with E-state index < -0.39 is 15.1 Å². The number of nitrogen functional groups attached to an aromatic ring is 1. The van der Waals surface area contributed by atoms with Crippen LogP contribution in [0.5, 0.6) is 11.5 Å². The van der Waals surface area contributed by atoms with Gasteiger partial charge in [-0.05, 0) is 25.0 Å². The van der Waals surface area contributed by atoms with Gasteiger partial charge in [-0.3, -0.25) is 0 Å². The Morgan fingerprint density at radius 1 is 1.19 bits per heavy atom. The summed E-state index contributed by atoms with van der Waals surface area (Å²) >= 11 is 0. The van der Waals surface area contributed by atoms with Gasteiger partial charge in [-0.25, -0.2) is 8.42 Å². The third-order valence-electron chi connectivity index (χ3n) is 3.93. The summed E-state index contributed by atoms with van der Waals surface area (Å²) < 4.78 is 41.3. The van der Waals surface area contributed by atoms with Crippen molar-refractivity contribution in [3.05, 3.63) is 17.7 Å². The van der Waals surface area contributed by atoms with Crippen LogP contribution in [0.15, 0.2) is 12.1 Å². The van der Waals surface area contributed by atoms with Crippen molar-refractivity contribution in [2.24, 2.45) is 0 Å². The van der Waals surface area contributed by atoms with Crippen LogP contribution in [-0.4, -0.2) is 39.6 Å². The summed E-state index contributed by atoms with van der Waals surface area (Å²) in [5.41, 5.74) is 6.92. The Morgan fingerprint density at radius 3 is 2.48 bits per heavy atom. The minimum absolute atomic E-state index is 0.103. The van der Waals surface area contributed by atoms with Crippen LogP contribution < -0.4 is 15.2 Å². The average Bonchev–Trinajstić information content (AvgIpc) is 2.86. The minimum atomic E-state index is -3.31. The molecule has 116 valence electrons. The molecule has 0 aliphatic carbocycles. The Labute approximate surface area is 124 Å². The van der Waals surface area contributed by atoms with Gasteiger partial charge in [-0.1, -0.05) is 0 Å². The topological polar surface area (TPSA) is 87.9 Å². The van der Waals surface area contributed by atoms with Gasteiger partial charge in [0.05, 0.1) is 17.1 Å². The maximum absolute atomic E-state index is 12.5. The lowest BCUT2D eigenvalue weighted by Gasteiger charge is -2.21. The number of sulfone groups is 1. The van der Waals surface area contributed by atoms with Gasteiger partial charge in [0.15, 0.2) is 21.3 Å². The highest BCUT2D eigenvalue weighted by atomic mass is 32.2. The van der Waals surface area contributed by atoms with E-state index in [9.17, 15) is 8.42 Å². The molecule has 0 radical (unpaired) electrons. The van der Waals surface area contributed by atoms with Crippen molar-refractivity contribution in [1.29, 1.82) is 0 Å². The summed E-state index contributed by atoms with van der Waals surface area (Å²) in [7, 11) is -3.31. The number of nitrogens with two attached hydrogens (primary N) is 1. The normalized spacial score (nSPS) is 25.0. The highest BCUT2D eigenvalue weighted by Gasteiger charge is 2.36. The lowest BCUT2D eigenvalue weighted by molar-refractivity contribution is 0.126. The molecule has 0 bridgehead atoms. The molecule has 2 aliphatic heterocycles. The molecular weight excluding hydrogens is 294 g/mol. The summed E-state index contributed by atoms with van der Waals surface area (Å²) in [6.07, 6.45) is 0.266. The molecule has 0 aromatic heterocycles. The highest BCUT2D eigenvalue weighted by Crippen LogP contribution is 2.36. The molecule has 0 spiro atoms. The quantitative estimate of drug-likeness (QED) is 0.842. The molecule has 2 heterocycles. The second-order valence-electron chi connectivity index (χ2n) is 5.40. The summed E-state index contributed by atoms with van der Waals surface area (Å²) in [6, 6.07) is 3.30. The smallest absolute Gasteiger partial charge is 0.163 e. The van der Waals surface area contributed by atoms with Gasteiger partial charge in [0.1, 0.15) is 13.2 Å². The molecule has 0 amide bonds. The van der Waals surface area contributed by atoms with Gasteiger partial charge in [0.2, 0.25) is 0 Å². The first-order valence-corrected chi connectivity index (χ1v) is 8.70. The number of benzene rings is 1. The molecule has 2 N–H and O–H groups in total. The van der Waals surface area contributed by atoms with Gasteiger partial charge >= 0.3 is 0 Å². The van der Waals surface area contributed by atoms with Crippen LogP contribution in [0.25, 0.3) is 0 Å². The Hall–Kier alpha value is -1.47. The maximum atomic E-state index is 12.5. The monoisotopic (exact) mass is 313 g/mol. The van der Waals surface area contributed by atoms with Crippen molar-refractivity contribution in [2.75, 3.05) is 25.6 Å². The van der Waals surface area contributed by atoms with Crippen LogP contribution in [0.2, 0.25) is 0 Å². The summed E-state index contributed by atoms with van der Waals surface area (Å²) in [5.74, 6) is 1.02. The number of hydrogen-bond acceptors (Lipinski definition) is 6. The number of fused-ring (bicyclic) bond motifs is 1. The first-order chi connectivity index (χ1) is 9.97. The van der Waals surface area contributed by atoms with E-state index in [1.807, 2.05) is 0 Å². The number of rotatable bonds is 3. The van der Waals surface area contributed by atoms with Gasteiger partial charge in [0, 0.05) is 18.4 Å². The zero-order valence-corrected chi connectivity index (χ0v) is 12.7. The van der Waals surface area contributed by atoms with E-state index in [2.05, 4.69) is 0 Å². The van der Waals surface area contributed by atoms with Crippen molar-refractivity contribution in [1.82, 2.24) is 0 Å². The highest BCUT2D eigenvalue weighted by molar-refractivity contribution is 7.91. The van der Waals surface area contributed by atoms with Crippen molar-refractivity contribution in [3.63, 3.8) is 0 Å². The Balaban J connectivity index is 1.87. The fourth-order valence-electron chi connectivity index (χ4n) is 2.78. The Kier molecular flexibility index (Phi) is 3.71. The van der Waals surface area contributed by atoms with Crippen LogP contribution in [0.4, 0.5) is 5.69 Å². The lowest BCUT2D eigenvalue weighted by Crippen LogP contribution is -2.29. The molecule has 3 rings (SSSR count). The van der Waals surface area contributed by atoms with Crippen LogP contribution in [0, 0.1) is 0 Å². The fourth-order valence-corrected chi connectivity index (χ4v) is 4.79. The van der Waals surface area contributed by atoms with E-state index in [4.69, 9.17) is 19.9 Å². The zero-order chi connectivity index (χ0) is 15.0. The minimum Gasteiger partial charge on any atom is -0.486 e. The summed E-state index contributed by atoms with van der Waals surface area (Å²) in [4.78, 5) is 0.